The highest BCUT2D eigenvalue weighted by molar-refractivity contribution is 7.98. The van der Waals surface area contributed by atoms with Crippen molar-refractivity contribution in [3.63, 3.8) is 0 Å². The van der Waals surface area contributed by atoms with Crippen LogP contribution in [0.5, 0.6) is 11.5 Å². The SMILES string of the molecule is CSc1ccccc1C(=O)NCc1ccc2c(c1)OCCO2. The van der Waals surface area contributed by atoms with Gasteiger partial charge in [-0.05, 0) is 36.1 Å². The summed E-state index contributed by atoms with van der Waals surface area (Å²) < 4.78 is 11.0. The quantitative estimate of drug-likeness (QED) is 0.881. The number of thioether (sulfide) groups is 1. The fourth-order valence-corrected chi connectivity index (χ4v) is 2.90. The second-order valence-electron chi connectivity index (χ2n) is 4.86. The van der Waals surface area contributed by atoms with Crippen LogP contribution in [-0.4, -0.2) is 25.4 Å². The molecule has 0 bridgehead atoms. The second-order valence-corrected chi connectivity index (χ2v) is 5.71. The Kier molecular flexibility index (Phi) is 4.53. The van der Waals surface area contributed by atoms with Crippen molar-refractivity contribution in [1.29, 1.82) is 0 Å². The Morgan fingerprint density at radius 2 is 1.91 bits per heavy atom. The van der Waals surface area contributed by atoms with Crippen LogP contribution in [0.4, 0.5) is 0 Å². The highest BCUT2D eigenvalue weighted by atomic mass is 32.2. The third-order valence-electron chi connectivity index (χ3n) is 3.41. The summed E-state index contributed by atoms with van der Waals surface area (Å²) in [6, 6.07) is 13.3. The number of fused-ring (bicyclic) bond motifs is 1. The molecule has 0 radical (unpaired) electrons. The summed E-state index contributed by atoms with van der Waals surface area (Å²) in [7, 11) is 0. The van der Waals surface area contributed by atoms with Crippen LogP contribution < -0.4 is 14.8 Å². The van der Waals surface area contributed by atoms with Crippen molar-refractivity contribution in [2.45, 2.75) is 11.4 Å². The van der Waals surface area contributed by atoms with Crippen LogP contribution in [0.1, 0.15) is 15.9 Å². The topological polar surface area (TPSA) is 47.6 Å². The van der Waals surface area contributed by atoms with Gasteiger partial charge in [-0.1, -0.05) is 18.2 Å². The molecule has 0 spiro atoms. The van der Waals surface area contributed by atoms with Gasteiger partial charge >= 0.3 is 0 Å². The molecule has 1 heterocycles. The minimum atomic E-state index is -0.0696. The number of benzene rings is 2. The van der Waals surface area contributed by atoms with Gasteiger partial charge in [-0.25, -0.2) is 0 Å². The molecular weight excluding hydrogens is 298 g/mol. The van der Waals surface area contributed by atoms with Crippen LogP contribution in [0.3, 0.4) is 0 Å². The average Bonchev–Trinajstić information content (AvgIpc) is 2.59. The largest absolute Gasteiger partial charge is 0.486 e. The normalized spacial score (nSPS) is 12.8. The summed E-state index contributed by atoms with van der Waals surface area (Å²) in [5.74, 6) is 1.43. The number of hydrogen-bond donors (Lipinski definition) is 1. The van der Waals surface area contributed by atoms with E-state index in [-0.39, 0.29) is 5.91 Å². The number of rotatable bonds is 4. The zero-order valence-corrected chi connectivity index (χ0v) is 13.1. The van der Waals surface area contributed by atoms with Crippen LogP contribution in [0.15, 0.2) is 47.4 Å². The fraction of sp³-hybridized carbons (Fsp3) is 0.235. The average molecular weight is 315 g/mol. The highest BCUT2D eigenvalue weighted by Crippen LogP contribution is 2.30. The molecule has 1 N–H and O–H groups in total. The van der Waals surface area contributed by atoms with E-state index in [1.54, 1.807) is 11.8 Å². The first-order chi connectivity index (χ1) is 10.8. The minimum absolute atomic E-state index is 0.0696. The van der Waals surface area contributed by atoms with Gasteiger partial charge in [-0.3, -0.25) is 4.79 Å². The molecule has 0 saturated carbocycles. The van der Waals surface area contributed by atoms with Gasteiger partial charge in [-0.2, -0.15) is 0 Å². The molecule has 114 valence electrons. The van der Waals surface area contributed by atoms with E-state index in [1.807, 2.05) is 48.7 Å². The van der Waals surface area contributed by atoms with Gasteiger partial charge in [0.1, 0.15) is 13.2 Å². The number of carbonyl (C=O) groups excluding carboxylic acids is 1. The van der Waals surface area contributed by atoms with E-state index in [4.69, 9.17) is 9.47 Å². The van der Waals surface area contributed by atoms with Crippen molar-refractivity contribution >= 4 is 17.7 Å². The third kappa shape index (κ3) is 3.20. The molecule has 0 aliphatic carbocycles. The van der Waals surface area contributed by atoms with Crippen molar-refractivity contribution in [2.75, 3.05) is 19.5 Å². The smallest absolute Gasteiger partial charge is 0.252 e. The Hall–Kier alpha value is -2.14. The zero-order chi connectivity index (χ0) is 15.4. The zero-order valence-electron chi connectivity index (χ0n) is 12.3. The van der Waals surface area contributed by atoms with Crippen LogP contribution in [-0.2, 0) is 6.54 Å². The molecule has 0 saturated heterocycles. The number of nitrogens with one attached hydrogen (secondary N) is 1. The second kappa shape index (κ2) is 6.75. The first kappa shape index (κ1) is 14.8. The van der Waals surface area contributed by atoms with Gasteiger partial charge in [0.15, 0.2) is 11.5 Å². The monoisotopic (exact) mass is 315 g/mol. The van der Waals surface area contributed by atoms with Gasteiger partial charge in [0.05, 0.1) is 5.56 Å². The van der Waals surface area contributed by atoms with Gasteiger partial charge in [-0.15, -0.1) is 11.8 Å². The summed E-state index contributed by atoms with van der Waals surface area (Å²) in [6.45, 7) is 1.59. The van der Waals surface area contributed by atoms with Gasteiger partial charge in [0.2, 0.25) is 0 Å². The molecule has 1 aliphatic rings. The van der Waals surface area contributed by atoms with Gasteiger partial charge in [0, 0.05) is 11.4 Å². The molecule has 0 fully saturated rings. The molecule has 2 aromatic rings. The molecular formula is C17H17NO3S. The highest BCUT2D eigenvalue weighted by Gasteiger charge is 2.13. The summed E-state index contributed by atoms with van der Waals surface area (Å²) in [5.41, 5.74) is 1.69. The lowest BCUT2D eigenvalue weighted by molar-refractivity contribution is 0.0948. The summed E-state index contributed by atoms with van der Waals surface area (Å²) >= 11 is 1.57. The van der Waals surface area contributed by atoms with Gasteiger partial charge < -0.3 is 14.8 Å². The van der Waals surface area contributed by atoms with Crippen molar-refractivity contribution in [3.8, 4) is 11.5 Å². The molecule has 3 rings (SSSR count). The van der Waals surface area contributed by atoms with E-state index in [0.29, 0.717) is 25.3 Å². The Bertz CT molecular complexity index is 687. The fourth-order valence-electron chi connectivity index (χ4n) is 2.31. The summed E-state index contributed by atoms with van der Waals surface area (Å²) in [4.78, 5) is 13.3. The summed E-state index contributed by atoms with van der Waals surface area (Å²) in [5, 5.41) is 2.95. The Morgan fingerprint density at radius 3 is 2.73 bits per heavy atom. The molecule has 5 heteroatoms. The van der Waals surface area contributed by atoms with Crippen LogP contribution >= 0.6 is 11.8 Å². The van der Waals surface area contributed by atoms with E-state index in [9.17, 15) is 4.79 Å². The molecule has 4 nitrogen and oxygen atoms in total. The molecule has 0 aromatic heterocycles. The molecule has 1 amide bonds. The molecule has 0 unspecified atom stereocenters. The maximum Gasteiger partial charge on any atom is 0.252 e. The molecule has 0 atom stereocenters. The van der Waals surface area contributed by atoms with Crippen LogP contribution in [0.2, 0.25) is 0 Å². The minimum Gasteiger partial charge on any atom is -0.486 e. The standard InChI is InChI=1S/C17H17NO3S/c1-22-16-5-3-2-4-13(16)17(19)18-11-12-6-7-14-15(10-12)21-9-8-20-14/h2-7,10H,8-9,11H2,1H3,(H,18,19). The van der Waals surface area contributed by atoms with E-state index >= 15 is 0 Å². The van der Waals surface area contributed by atoms with Crippen LogP contribution in [0.25, 0.3) is 0 Å². The third-order valence-corrected chi connectivity index (χ3v) is 4.21. The number of ether oxygens (including phenoxy) is 2. The van der Waals surface area contributed by atoms with Crippen molar-refractivity contribution in [3.05, 3.63) is 53.6 Å². The molecule has 2 aromatic carbocycles. The van der Waals surface area contributed by atoms with Crippen molar-refractivity contribution < 1.29 is 14.3 Å². The first-order valence-corrected chi connectivity index (χ1v) is 8.30. The van der Waals surface area contributed by atoms with Gasteiger partial charge in [0.25, 0.3) is 5.91 Å². The van der Waals surface area contributed by atoms with Crippen LogP contribution in [0, 0.1) is 0 Å². The number of amides is 1. The first-order valence-electron chi connectivity index (χ1n) is 7.07. The molecule has 1 aliphatic heterocycles. The maximum atomic E-state index is 12.3. The lowest BCUT2D eigenvalue weighted by atomic mass is 10.1. The molecule has 22 heavy (non-hydrogen) atoms. The Balaban J connectivity index is 1.68. The predicted molar refractivity (Wildman–Crippen MR) is 86.8 cm³/mol. The Labute approximate surface area is 133 Å². The van der Waals surface area contributed by atoms with Crippen molar-refractivity contribution in [2.24, 2.45) is 0 Å². The predicted octanol–water partition coefficient (Wildman–Crippen LogP) is 3.11. The van der Waals surface area contributed by atoms with E-state index in [1.165, 1.54) is 0 Å². The van der Waals surface area contributed by atoms with E-state index in [0.717, 1.165) is 22.0 Å². The lowest BCUT2D eigenvalue weighted by Crippen LogP contribution is -2.23. The number of carbonyl (C=O) groups is 1. The lowest BCUT2D eigenvalue weighted by Gasteiger charge is -2.19. The Morgan fingerprint density at radius 1 is 1.14 bits per heavy atom. The van der Waals surface area contributed by atoms with E-state index < -0.39 is 0 Å². The maximum absolute atomic E-state index is 12.3. The summed E-state index contributed by atoms with van der Waals surface area (Å²) in [6.07, 6.45) is 1.97. The number of hydrogen-bond acceptors (Lipinski definition) is 4. The van der Waals surface area contributed by atoms with E-state index in [2.05, 4.69) is 5.32 Å². The van der Waals surface area contributed by atoms with Crippen molar-refractivity contribution in [1.82, 2.24) is 5.32 Å².